The lowest BCUT2D eigenvalue weighted by molar-refractivity contribution is 0.418. The largest absolute Gasteiger partial charge is 0.508 e. The highest BCUT2D eigenvalue weighted by molar-refractivity contribution is 6.01. The van der Waals surface area contributed by atoms with Gasteiger partial charge in [-0.25, -0.2) is 13.8 Å². The van der Waals surface area contributed by atoms with E-state index >= 15 is 8.78 Å². The van der Waals surface area contributed by atoms with Gasteiger partial charge in [0, 0.05) is 60.1 Å². The van der Waals surface area contributed by atoms with Gasteiger partial charge < -0.3 is 25.5 Å². The summed E-state index contributed by atoms with van der Waals surface area (Å²) in [7, 11) is 0. The average Bonchev–Trinajstić information content (AvgIpc) is 3.68. The Morgan fingerprint density at radius 1 is 0.950 bits per heavy atom. The predicted octanol–water partition coefficient (Wildman–Crippen LogP) is 4.71. The summed E-state index contributed by atoms with van der Waals surface area (Å²) < 4.78 is 31.7. The van der Waals surface area contributed by atoms with Crippen LogP contribution in [0.25, 0.3) is 32.8 Å². The third kappa shape index (κ3) is 3.82. The van der Waals surface area contributed by atoms with Gasteiger partial charge in [-0.1, -0.05) is 18.2 Å². The van der Waals surface area contributed by atoms with Crippen LogP contribution in [0, 0.1) is 11.6 Å². The molecule has 7 nitrogen and oxygen atoms in total. The molecule has 4 aliphatic heterocycles. The fraction of sp³-hybridized carbons (Fsp3) is 0.419. The summed E-state index contributed by atoms with van der Waals surface area (Å²) in [5, 5.41) is 19.2. The Bertz CT molecular complexity index is 1640. The number of rotatable bonds is 3. The van der Waals surface area contributed by atoms with Crippen LogP contribution in [-0.4, -0.2) is 65.4 Å². The summed E-state index contributed by atoms with van der Waals surface area (Å²) in [6, 6.07) is 11.9. The van der Waals surface area contributed by atoms with E-state index in [1.54, 1.807) is 18.2 Å². The predicted molar refractivity (Wildman–Crippen MR) is 153 cm³/mol. The number of piperazine rings is 1. The number of fused-ring (bicyclic) bond motifs is 4. The molecule has 0 aliphatic carbocycles. The van der Waals surface area contributed by atoms with Crippen molar-refractivity contribution in [2.75, 3.05) is 42.5 Å². The molecule has 0 saturated carbocycles. The second-order valence-electron chi connectivity index (χ2n) is 12.0. The van der Waals surface area contributed by atoms with Gasteiger partial charge in [-0.15, -0.1) is 0 Å². The second-order valence-corrected chi connectivity index (χ2v) is 12.0. The summed E-state index contributed by atoms with van der Waals surface area (Å²) in [5.74, 6) is 0.278. The number of phenols is 1. The SMILES string of the molecule is Oc1cc(-c2ccc3c(N4C[C@H]5CC[C@@H](C4)N5)nc(N4CCC5(CCCN5)C4)nc3c2F)c2c(F)cccc2c1. The van der Waals surface area contributed by atoms with Gasteiger partial charge in [0.2, 0.25) is 5.95 Å². The van der Waals surface area contributed by atoms with E-state index in [9.17, 15) is 5.11 Å². The van der Waals surface area contributed by atoms with Crippen LogP contribution in [0.15, 0.2) is 42.5 Å². The number of hydrogen-bond donors (Lipinski definition) is 3. The molecule has 3 atom stereocenters. The molecule has 0 amide bonds. The Kier molecular flexibility index (Phi) is 5.44. The molecular formula is C31H32F2N6O. The molecule has 4 aliphatic rings. The first-order valence-electron chi connectivity index (χ1n) is 14.4. The van der Waals surface area contributed by atoms with Crippen LogP contribution in [-0.2, 0) is 0 Å². The van der Waals surface area contributed by atoms with Crippen molar-refractivity contribution in [1.82, 2.24) is 20.6 Å². The van der Waals surface area contributed by atoms with E-state index < -0.39 is 11.6 Å². The van der Waals surface area contributed by atoms with Crippen molar-refractivity contribution in [3.05, 3.63) is 54.1 Å². The van der Waals surface area contributed by atoms with Crippen LogP contribution in [0.5, 0.6) is 5.75 Å². The first kappa shape index (κ1) is 24.3. The molecule has 40 heavy (non-hydrogen) atoms. The summed E-state index contributed by atoms with van der Waals surface area (Å²) in [6.45, 7) is 4.27. The number of aromatic nitrogens is 2. The van der Waals surface area contributed by atoms with Gasteiger partial charge in [0.25, 0.3) is 0 Å². The van der Waals surface area contributed by atoms with Gasteiger partial charge in [0.15, 0.2) is 5.82 Å². The molecule has 206 valence electrons. The molecule has 8 rings (SSSR count). The highest BCUT2D eigenvalue weighted by Crippen LogP contribution is 2.40. The number of nitrogens with zero attached hydrogens (tertiary/aromatic N) is 4. The van der Waals surface area contributed by atoms with Crippen molar-refractivity contribution in [2.45, 2.75) is 49.7 Å². The molecule has 0 radical (unpaired) electrons. The zero-order valence-corrected chi connectivity index (χ0v) is 22.3. The molecule has 1 spiro atoms. The quantitative estimate of drug-likeness (QED) is 0.346. The van der Waals surface area contributed by atoms with Gasteiger partial charge in [0.05, 0.1) is 0 Å². The molecule has 1 aromatic heterocycles. The van der Waals surface area contributed by atoms with Gasteiger partial charge in [0.1, 0.15) is 22.9 Å². The van der Waals surface area contributed by atoms with Gasteiger partial charge in [-0.05, 0) is 73.9 Å². The standard InChI is InChI=1S/C31H32F2N6O/c32-25-4-1-3-18-13-21(40)14-24(26(18)25)22-7-8-23-28(27(22)33)36-30(38-12-10-31(17-38)9-2-11-34-31)37-29(23)39-15-19-5-6-20(16-39)35-19/h1,3-4,7-8,13-14,19-20,34-35,40H,2,5-6,9-12,15-17H2/t19-,20+,31?. The second kappa shape index (κ2) is 8.97. The molecule has 5 heterocycles. The van der Waals surface area contributed by atoms with E-state index in [4.69, 9.17) is 9.97 Å². The highest BCUT2D eigenvalue weighted by Gasteiger charge is 2.41. The van der Waals surface area contributed by atoms with Gasteiger partial charge in [-0.3, -0.25) is 0 Å². The summed E-state index contributed by atoms with van der Waals surface area (Å²) in [5.41, 5.74) is 0.830. The molecule has 1 unspecified atom stereocenters. The first-order valence-corrected chi connectivity index (χ1v) is 14.4. The molecule has 4 saturated heterocycles. The average molecular weight is 543 g/mol. The van der Waals surface area contributed by atoms with Gasteiger partial charge >= 0.3 is 0 Å². The Balaban J connectivity index is 1.31. The van der Waals surface area contributed by atoms with Crippen LogP contribution in [0.1, 0.15) is 32.1 Å². The minimum atomic E-state index is -0.524. The fourth-order valence-corrected chi connectivity index (χ4v) is 7.53. The van der Waals surface area contributed by atoms with Crippen LogP contribution in [0.3, 0.4) is 0 Å². The zero-order chi connectivity index (χ0) is 27.0. The van der Waals surface area contributed by atoms with Crippen molar-refractivity contribution in [1.29, 1.82) is 0 Å². The van der Waals surface area contributed by atoms with Crippen LogP contribution >= 0.6 is 0 Å². The lowest BCUT2D eigenvalue weighted by Crippen LogP contribution is -2.51. The topological polar surface area (TPSA) is 76.6 Å². The van der Waals surface area contributed by atoms with E-state index in [0.717, 1.165) is 70.6 Å². The molecular weight excluding hydrogens is 510 g/mol. The lowest BCUT2D eigenvalue weighted by atomic mass is 9.96. The number of hydrogen-bond acceptors (Lipinski definition) is 7. The van der Waals surface area contributed by atoms with Crippen molar-refractivity contribution in [3.63, 3.8) is 0 Å². The van der Waals surface area contributed by atoms with Crippen LogP contribution < -0.4 is 20.4 Å². The molecule has 2 bridgehead atoms. The van der Waals surface area contributed by atoms with E-state index in [2.05, 4.69) is 20.4 Å². The number of nitrogens with one attached hydrogen (secondary N) is 2. The molecule has 4 fully saturated rings. The van der Waals surface area contributed by atoms with E-state index in [-0.39, 0.29) is 27.8 Å². The van der Waals surface area contributed by atoms with E-state index in [1.807, 2.05) is 6.07 Å². The maximum absolute atomic E-state index is 16.7. The summed E-state index contributed by atoms with van der Waals surface area (Å²) in [6.07, 6.45) is 5.56. The highest BCUT2D eigenvalue weighted by atomic mass is 19.1. The minimum Gasteiger partial charge on any atom is -0.508 e. The van der Waals surface area contributed by atoms with Crippen LogP contribution in [0.2, 0.25) is 0 Å². The van der Waals surface area contributed by atoms with E-state index in [0.29, 0.717) is 34.4 Å². The molecule has 3 N–H and O–H groups in total. The summed E-state index contributed by atoms with van der Waals surface area (Å²) in [4.78, 5) is 14.4. The Morgan fingerprint density at radius 2 is 1.80 bits per heavy atom. The van der Waals surface area contributed by atoms with Crippen molar-refractivity contribution in [2.24, 2.45) is 0 Å². The number of aromatic hydroxyl groups is 1. The van der Waals surface area contributed by atoms with Crippen molar-refractivity contribution >= 4 is 33.4 Å². The van der Waals surface area contributed by atoms with Crippen LogP contribution in [0.4, 0.5) is 20.5 Å². The number of benzene rings is 3. The third-order valence-corrected chi connectivity index (χ3v) is 9.46. The van der Waals surface area contributed by atoms with Crippen molar-refractivity contribution < 1.29 is 13.9 Å². The monoisotopic (exact) mass is 542 g/mol. The molecule has 9 heteroatoms. The summed E-state index contributed by atoms with van der Waals surface area (Å²) >= 11 is 0. The maximum atomic E-state index is 16.7. The number of halogens is 2. The molecule has 4 aromatic rings. The number of anilines is 2. The number of phenolic OH excluding ortho intramolecular Hbond substituents is 1. The Hall–Kier alpha value is -3.56. The smallest absolute Gasteiger partial charge is 0.228 e. The maximum Gasteiger partial charge on any atom is 0.228 e. The zero-order valence-electron chi connectivity index (χ0n) is 22.3. The normalized spacial score (nSPS) is 26.1. The third-order valence-electron chi connectivity index (χ3n) is 9.46. The Labute approximate surface area is 231 Å². The molecule has 3 aromatic carbocycles. The first-order chi connectivity index (χ1) is 19.5. The van der Waals surface area contributed by atoms with Crippen molar-refractivity contribution in [3.8, 4) is 16.9 Å². The van der Waals surface area contributed by atoms with E-state index in [1.165, 1.54) is 18.2 Å². The fourth-order valence-electron chi connectivity index (χ4n) is 7.53. The van der Waals surface area contributed by atoms with Gasteiger partial charge in [-0.2, -0.15) is 4.98 Å². The Morgan fingerprint density at radius 3 is 2.60 bits per heavy atom. The lowest BCUT2D eigenvalue weighted by Gasteiger charge is -2.35. The minimum absolute atomic E-state index is 0.0422.